The normalized spacial score (nSPS) is 14.1. The lowest BCUT2D eigenvalue weighted by atomic mass is 10.1. The molecule has 1 aliphatic heterocycles. The number of rotatable bonds is 9. The second-order valence-electron chi connectivity index (χ2n) is 7.96. The molecule has 0 radical (unpaired) electrons. The summed E-state index contributed by atoms with van der Waals surface area (Å²) in [7, 11) is 1.52. The average molecular weight is 501 g/mol. The minimum atomic E-state index is -0.357. The quantitative estimate of drug-likeness (QED) is 0.355. The Balaban J connectivity index is 1.40. The van der Waals surface area contributed by atoms with E-state index < -0.39 is 0 Å². The molecule has 8 heteroatoms. The SMILES string of the molecule is COc1cc(/C=C2\SC(=O)N(CCOc3ccc(C)cc3)C2=O)ccc1OCc1ccccc1C#N. The Labute approximate surface area is 213 Å². The molecule has 0 unspecified atom stereocenters. The number of hydrogen-bond donors (Lipinski definition) is 0. The van der Waals surface area contributed by atoms with E-state index in [0.717, 1.165) is 22.9 Å². The number of methoxy groups -OCH3 is 1. The highest BCUT2D eigenvalue weighted by Crippen LogP contribution is 2.34. The van der Waals surface area contributed by atoms with E-state index >= 15 is 0 Å². The number of carbonyl (C=O) groups is 2. The Kier molecular flexibility index (Phi) is 7.93. The molecule has 0 bridgehead atoms. The molecule has 2 amide bonds. The summed E-state index contributed by atoms with van der Waals surface area (Å²) in [5.74, 6) is 1.31. The third kappa shape index (κ3) is 5.88. The van der Waals surface area contributed by atoms with Crippen LogP contribution in [0.25, 0.3) is 6.08 Å². The lowest BCUT2D eigenvalue weighted by Gasteiger charge is -2.13. The summed E-state index contributed by atoms with van der Waals surface area (Å²) >= 11 is 0.894. The van der Waals surface area contributed by atoms with Crippen molar-refractivity contribution < 1.29 is 23.8 Å². The van der Waals surface area contributed by atoms with Crippen LogP contribution in [0.4, 0.5) is 4.79 Å². The third-order valence-corrected chi connectivity index (χ3v) is 6.39. The summed E-state index contributed by atoms with van der Waals surface area (Å²) in [5, 5.41) is 8.92. The van der Waals surface area contributed by atoms with Crippen LogP contribution in [-0.4, -0.2) is 36.3 Å². The van der Waals surface area contributed by atoms with Gasteiger partial charge in [0, 0.05) is 5.56 Å². The molecule has 7 nitrogen and oxygen atoms in total. The third-order valence-electron chi connectivity index (χ3n) is 5.48. The number of benzene rings is 3. The molecule has 1 heterocycles. The second-order valence-corrected chi connectivity index (χ2v) is 8.96. The topological polar surface area (TPSA) is 88.9 Å². The van der Waals surface area contributed by atoms with Gasteiger partial charge in [-0.2, -0.15) is 5.26 Å². The Hall–Kier alpha value is -4.22. The fraction of sp³-hybridized carbons (Fsp3) is 0.179. The molecule has 3 aromatic carbocycles. The first-order chi connectivity index (χ1) is 17.5. The molecule has 0 aliphatic carbocycles. The van der Waals surface area contributed by atoms with Gasteiger partial charge in [-0.3, -0.25) is 14.5 Å². The van der Waals surface area contributed by atoms with Gasteiger partial charge >= 0.3 is 0 Å². The maximum absolute atomic E-state index is 12.8. The van der Waals surface area contributed by atoms with E-state index in [1.165, 1.54) is 12.0 Å². The van der Waals surface area contributed by atoms with Crippen molar-refractivity contribution in [1.29, 1.82) is 5.26 Å². The van der Waals surface area contributed by atoms with Gasteiger partial charge in [0.05, 0.1) is 30.2 Å². The zero-order valence-electron chi connectivity index (χ0n) is 19.9. The lowest BCUT2D eigenvalue weighted by Crippen LogP contribution is -2.32. The van der Waals surface area contributed by atoms with Crippen LogP contribution in [-0.2, 0) is 11.4 Å². The minimum absolute atomic E-state index is 0.163. The van der Waals surface area contributed by atoms with Crippen molar-refractivity contribution in [1.82, 2.24) is 4.90 Å². The average Bonchev–Trinajstić information content (AvgIpc) is 3.16. The van der Waals surface area contributed by atoms with Crippen molar-refractivity contribution in [3.05, 3.63) is 93.9 Å². The highest BCUT2D eigenvalue weighted by Gasteiger charge is 2.34. The number of aryl methyl sites for hydroxylation is 1. The first-order valence-corrected chi connectivity index (χ1v) is 12.0. The lowest BCUT2D eigenvalue weighted by molar-refractivity contribution is -0.123. The van der Waals surface area contributed by atoms with Crippen molar-refractivity contribution in [2.75, 3.05) is 20.3 Å². The second kappa shape index (κ2) is 11.5. The van der Waals surface area contributed by atoms with Crippen LogP contribution in [0.1, 0.15) is 22.3 Å². The molecule has 0 saturated carbocycles. The number of hydrogen-bond acceptors (Lipinski definition) is 7. The van der Waals surface area contributed by atoms with E-state index in [1.54, 1.807) is 36.4 Å². The molecule has 36 heavy (non-hydrogen) atoms. The molecule has 4 rings (SSSR count). The van der Waals surface area contributed by atoms with E-state index in [0.29, 0.717) is 33.3 Å². The Bertz CT molecular complexity index is 1340. The summed E-state index contributed by atoms with van der Waals surface area (Å²) < 4.78 is 17.0. The van der Waals surface area contributed by atoms with Crippen molar-refractivity contribution in [3.8, 4) is 23.3 Å². The molecule has 0 N–H and O–H groups in total. The van der Waals surface area contributed by atoms with E-state index in [9.17, 15) is 14.9 Å². The molecule has 0 atom stereocenters. The van der Waals surface area contributed by atoms with Crippen LogP contribution in [0, 0.1) is 18.3 Å². The molecule has 1 fully saturated rings. The Morgan fingerprint density at radius 3 is 2.53 bits per heavy atom. The number of thioether (sulfide) groups is 1. The molecule has 182 valence electrons. The molecule has 3 aromatic rings. The number of ether oxygens (including phenoxy) is 3. The van der Waals surface area contributed by atoms with Crippen LogP contribution >= 0.6 is 11.8 Å². The Morgan fingerprint density at radius 2 is 1.78 bits per heavy atom. The zero-order chi connectivity index (χ0) is 25.5. The Morgan fingerprint density at radius 1 is 1.00 bits per heavy atom. The largest absolute Gasteiger partial charge is 0.493 e. The fourth-order valence-corrected chi connectivity index (χ4v) is 4.40. The maximum Gasteiger partial charge on any atom is 0.293 e. The standard InChI is InChI=1S/C28H24N2O5S/c1-19-7-10-23(11-8-19)34-14-13-30-27(31)26(36-28(30)32)16-20-9-12-24(25(15-20)33-2)35-18-22-6-4-3-5-21(22)17-29/h3-12,15-16H,13-14,18H2,1-2H3/b26-16-. The molecular weight excluding hydrogens is 476 g/mol. The molecule has 1 saturated heterocycles. The smallest absolute Gasteiger partial charge is 0.293 e. The van der Waals surface area contributed by atoms with Gasteiger partial charge in [-0.05, 0) is 60.7 Å². The van der Waals surface area contributed by atoms with Crippen LogP contribution in [0.3, 0.4) is 0 Å². The van der Waals surface area contributed by atoms with Gasteiger partial charge in [-0.1, -0.05) is 42.0 Å². The monoisotopic (exact) mass is 500 g/mol. The number of nitriles is 1. The first kappa shape index (κ1) is 24.9. The number of imide groups is 1. The van der Waals surface area contributed by atoms with E-state index in [2.05, 4.69) is 6.07 Å². The predicted octanol–water partition coefficient (Wildman–Crippen LogP) is 5.57. The maximum atomic E-state index is 12.8. The molecular formula is C28H24N2O5S. The molecule has 1 aliphatic rings. The van der Waals surface area contributed by atoms with E-state index in [4.69, 9.17) is 14.2 Å². The number of amides is 2. The van der Waals surface area contributed by atoms with Gasteiger partial charge in [-0.25, -0.2) is 0 Å². The van der Waals surface area contributed by atoms with E-state index in [-0.39, 0.29) is 30.9 Å². The van der Waals surface area contributed by atoms with Crippen LogP contribution in [0.15, 0.2) is 71.6 Å². The summed E-state index contributed by atoms with van der Waals surface area (Å²) in [6.07, 6.45) is 1.66. The van der Waals surface area contributed by atoms with Crippen LogP contribution < -0.4 is 14.2 Å². The first-order valence-electron chi connectivity index (χ1n) is 11.2. The summed E-state index contributed by atoms with van der Waals surface area (Å²) in [5.41, 5.74) is 3.14. The van der Waals surface area contributed by atoms with Crippen LogP contribution in [0.5, 0.6) is 17.2 Å². The van der Waals surface area contributed by atoms with Crippen molar-refractivity contribution in [2.45, 2.75) is 13.5 Å². The van der Waals surface area contributed by atoms with Gasteiger partial charge in [0.1, 0.15) is 19.0 Å². The van der Waals surface area contributed by atoms with Gasteiger partial charge in [-0.15, -0.1) is 0 Å². The number of carbonyl (C=O) groups excluding carboxylic acids is 2. The van der Waals surface area contributed by atoms with Crippen LogP contribution in [0.2, 0.25) is 0 Å². The summed E-state index contributed by atoms with van der Waals surface area (Å²) in [6.45, 7) is 2.57. The van der Waals surface area contributed by atoms with Gasteiger partial charge in [0.25, 0.3) is 11.1 Å². The van der Waals surface area contributed by atoms with Crippen molar-refractivity contribution in [2.24, 2.45) is 0 Å². The number of nitrogens with zero attached hydrogens (tertiary/aromatic N) is 2. The van der Waals surface area contributed by atoms with E-state index in [1.807, 2.05) is 43.3 Å². The summed E-state index contributed by atoms with van der Waals surface area (Å²) in [4.78, 5) is 26.8. The van der Waals surface area contributed by atoms with Gasteiger partial charge in [0.15, 0.2) is 11.5 Å². The van der Waals surface area contributed by atoms with Gasteiger partial charge < -0.3 is 14.2 Å². The summed E-state index contributed by atoms with van der Waals surface area (Å²) in [6, 6.07) is 22.2. The zero-order valence-corrected chi connectivity index (χ0v) is 20.7. The minimum Gasteiger partial charge on any atom is -0.493 e. The highest BCUT2D eigenvalue weighted by molar-refractivity contribution is 8.18. The van der Waals surface area contributed by atoms with Gasteiger partial charge in [0.2, 0.25) is 0 Å². The fourth-order valence-electron chi connectivity index (χ4n) is 3.54. The van der Waals surface area contributed by atoms with Crippen molar-refractivity contribution in [3.63, 3.8) is 0 Å². The highest BCUT2D eigenvalue weighted by atomic mass is 32.2. The van der Waals surface area contributed by atoms with Crippen molar-refractivity contribution >= 4 is 29.0 Å². The predicted molar refractivity (Wildman–Crippen MR) is 138 cm³/mol. The molecule has 0 aromatic heterocycles. The molecule has 0 spiro atoms.